The summed E-state index contributed by atoms with van der Waals surface area (Å²) in [5.41, 5.74) is -0.0864. The minimum absolute atomic E-state index is 0.0441. The Morgan fingerprint density at radius 2 is 2.16 bits per heavy atom. The second kappa shape index (κ2) is 12.8. The number of ether oxygens (including phenoxy) is 3. The molecule has 0 bridgehead atoms. The Labute approximate surface area is 180 Å². The van der Waals surface area contributed by atoms with E-state index in [2.05, 4.69) is 29.5 Å². The van der Waals surface area contributed by atoms with Crippen LogP contribution in [-0.2, 0) is 19.0 Å². The first-order chi connectivity index (χ1) is 14.9. The van der Waals surface area contributed by atoms with Crippen LogP contribution in [0, 0.1) is 22.0 Å². The van der Waals surface area contributed by atoms with Gasteiger partial charge in [0.15, 0.2) is 5.76 Å². The van der Waals surface area contributed by atoms with Crippen LogP contribution in [0.4, 0.5) is 11.5 Å². The van der Waals surface area contributed by atoms with Crippen LogP contribution in [0.5, 0.6) is 0 Å². The van der Waals surface area contributed by atoms with Crippen LogP contribution in [0.1, 0.15) is 20.3 Å². The van der Waals surface area contributed by atoms with E-state index in [-0.39, 0.29) is 36.5 Å². The number of hydrogen-bond donors (Lipinski definition) is 3. The molecule has 0 aromatic carbocycles. The van der Waals surface area contributed by atoms with Crippen LogP contribution in [0.15, 0.2) is 30.2 Å². The summed E-state index contributed by atoms with van der Waals surface area (Å²) in [6, 6.07) is 2.86. The number of nitrogens with zero attached hydrogens (tertiary/aromatic N) is 2. The van der Waals surface area contributed by atoms with Gasteiger partial charge in [0.1, 0.15) is 12.0 Å². The molecule has 1 aromatic heterocycles. The first kappa shape index (κ1) is 24.5. The molecule has 2 heterocycles. The number of aliphatic hydroxyl groups excluding tert-OH is 1. The lowest BCUT2D eigenvalue weighted by atomic mass is 9.90. The van der Waals surface area contributed by atoms with Crippen LogP contribution < -0.4 is 10.6 Å². The molecule has 0 fully saturated rings. The van der Waals surface area contributed by atoms with Crippen molar-refractivity contribution >= 4 is 17.4 Å². The quantitative estimate of drug-likeness (QED) is 0.237. The summed E-state index contributed by atoms with van der Waals surface area (Å²) < 4.78 is 16.6. The van der Waals surface area contributed by atoms with Crippen molar-refractivity contribution in [2.45, 2.75) is 26.6 Å². The van der Waals surface area contributed by atoms with Gasteiger partial charge in [-0.2, -0.15) is 0 Å². The molecular weight excluding hydrogens is 408 g/mol. The van der Waals surface area contributed by atoms with Crippen molar-refractivity contribution < 1.29 is 29.0 Å². The number of carbonyl (C=O) groups excluding carboxylic acids is 1. The molecule has 2 atom stereocenters. The largest absolute Gasteiger partial charge is 0.459 e. The lowest BCUT2D eigenvalue weighted by Crippen LogP contribution is -2.36. The molecule has 1 aromatic rings. The average Bonchev–Trinajstić information content (AvgIpc) is 2.76. The smallest absolute Gasteiger partial charge is 0.287 e. The molecule has 1 aliphatic heterocycles. The third-order valence-electron chi connectivity index (χ3n) is 4.61. The lowest BCUT2D eigenvalue weighted by molar-refractivity contribution is -0.385. The van der Waals surface area contributed by atoms with Gasteiger partial charge in [-0.3, -0.25) is 14.9 Å². The van der Waals surface area contributed by atoms with Gasteiger partial charge in [0.05, 0.1) is 31.4 Å². The summed E-state index contributed by atoms with van der Waals surface area (Å²) in [5.74, 6) is 0.817. The van der Waals surface area contributed by atoms with E-state index in [4.69, 9.17) is 19.3 Å². The minimum atomic E-state index is -0.543. The molecule has 11 nitrogen and oxygen atoms in total. The van der Waals surface area contributed by atoms with Crippen LogP contribution in [0.3, 0.4) is 0 Å². The van der Waals surface area contributed by atoms with Crippen LogP contribution >= 0.6 is 0 Å². The predicted octanol–water partition coefficient (Wildman–Crippen LogP) is 1.45. The zero-order chi connectivity index (χ0) is 22.6. The van der Waals surface area contributed by atoms with E-state index >= 15 is 0 Å². The molecule has 11 heteroatoms. The van der Waals surface area contributed by atoms with E-state index in [0.717, 1.165) is 0 Å². The van der Waals surface area contributed by atoms with Gasteiger partial charge in [-0.1, -0.05) is 13.8 Å². The summed E-state index contributed by atoms with van der Waals surface area (Å²) in [5, 5.41) is 25.1. The van der Waals surface area contributed by atoms with Crippen molar-refractivity contribution in [2.75, 3.05) is 44.8 Å². The molecule has 1 amide bonds. The molecule has 1 aliphatic rings. The number of nitrogens with one attached hydrogen (secondary N) is 2. The number of rotatable bonds is 13. The number of allylic oxidation sites excluding steroid dienone is 1. The Kier molecular flexibility index (Phi) is 10.1. The monoisotopic (exact) mass is 438 g/mol. The lowest BCUT2D eigenvalue weighted by Gasteiger charge is -2.30. The van der Waals surface area contributed by atoms with E-state index in [1.807, 2.05) is 6.08 Å². The maximum Gasteiger partial charge on any atom is 0.287 e. The molecule has 0 saturated carbocycles. The van der Waals surface area contributed by atoms with Crippen molar-refractivity contribution in [3.05, 3.63) is 40.3 Å². The molecule has 0 saturated heterocycles. The van der Waals surface area contributed by atoms with Crippen LogP contribution in [0.2, 0.25) is 0 Å². The number of aliphatic hydroxyl groups is 1. The zero-order valence-corrected chi connectivity index (χ0v) is 17.8. The fourth-order valence-electron chi connectivity index (χ4n) is 2.87. The average molecular weight is 438 g/mol. The molecule has 172 valence electrons. The Morgan fingerprint density at radius 3 is 2.81 bits per heavy atom. The molecule has 31 heavy (non-hydrogen) atoms. The second-order valence-corrected chi connectivity index (χ2v) is 7.27. The van der Waals surface area contributed by atoms with Gasteiger partial charge in [0.2, 0.25) is 6.29 Å². The Balaban J connectivity index is 1.79. The van der Waals surface area contributed by atoms with Gasteiger partial charge in [-0.25, -0.2) is 4.98 Å². The number of carbonyl (C=O) groups is 1. The van der Waals surface area contributed by atoms with Gasteiger partial charge in [-0.15, -0.1) is 0 Å². The summed E-state index contributed by atoms with van der Waals surface area (Å²) >= 11 is 0. The van der Waals surface area contributed by atoms with Crippen molar-refractivity contribution in [3.63, 3.8) is 0 Å². The fraction of sp³-hybridized carbons (Fsp3) is 0.600. The van der Waals surface area contributed by atoms with Gasteiger partial charge >= 0.3 is 0 Å². The Hall–Kier alpha value is -2.76. The van der Waals surface area contributed by atoms with Crippen LogP contribution in [0.25, 0.3) is 0 Å². The number of amides is 1. The standard InChI is InChI=1S/C20H30N4O7/c1-14(2)15-11-17(31-19(12-15)30-10-9-29-8-7-25)20(26)22-6-5-21-18-4-3-16(13-23-18)24(27)28/h3-4,11,13-15,19,25H,5-10,12H2,1-2H3,(H,21,23)(H,22,26). The molecule has 2 rings (SSSR count). The van der Waals surface area contributed by atoms with Crippen molar-refractivity contribution in [3.8, 4) is 0 Å². The van der Waals surface area contributed by atoms with Gasteiger partial charge in [-0.05, 0) is 24.0 Å². The highest BCUT2D eigenvalue weighted by Gasteiger charge is 2.29. The minimum Gasteiger partial charge on any atom is -0.459 e. The van der Waals surface area contributed by atoms with Gasteiger partial charge < -0.3 is 30.0 Å². The molecule has 3 N–H and O–H groups in total. The third kappa shape index (κ3) is 8.48. The van der Waals surface area contributed by atoms with E-state index < -0.39 is 11.2 Å². The summed E-state index contributed by atoms with van der Waals surface area (Å²) in [7, 11) is 0. The first-order valence-electron chi connectivity index (χ1n) is 10.2. The molecule has 2 unspecified atom stereocenters. The topological polar surface area (TPSA) is 145 Å². The SMILES string of the molecule is CC(C)C1C=C(C(=O)NCCNc2ccc([N+](=O)[O-])cn2)OC(OCCOCCO)C1. The van der Waals surface area contributed by atoms with E-state index in [1.54, 1.807) is 0 Å². The second-order valence-electron chi connectivity index (χ2n) is 7.27. The number of anilines is 1. The normalized spacial score (nSPS) is 18.3. The van der Waals surface area contributed by atoms with E-state index in [1.165, 1.54) is 18.3 Å². The van der Waals surface area contributed by atoms with Crippen molar-refractivity contribution in [2.24, 2.45) is 11.8 Å². The van der Waals surface area contributed by atoms with Crippen molar-refractivity contribution in [1.82, 2.24) is 10.3 Å². The maximum atomic E-state index is 12.5. The first-order valence-corrected chi connectivity index (χ1v) is 10.2. The number of nitro groups is 1. The molecule has 0 radical (unpaired) electrons. The Morgan fingerprint density at radius 1 is 1.35 bits per heavy atom. The molecule has 0 aliphatic carbocycles. The highest BCUT2D eigenvalue weighted by molar-refractivity contribution is 5.91. The van der Waals surface area contributed by atoms with E-state index in [0.29, 0.717) is 44.5 Å². The molecule has 0 spiro atoms. The zero-order valence-electron chi connectivity index (χ0n) is 17.8. The van der Waals surface area contributed by atoms with Crippen molar-refractivity contribution in [1.29, 1.82) is 0 Å². The fourth-order valence-corrected chi connectivity index (χ4v) is 2.87. The number of pyridine rings is 1. The highest BCUT2D eigenvalue weighted by Crippen LogP contribution is 2.28. The maximum absolute atomic E-state index is 12.5. The summed E-state index contributed by atoms with van der Waals surface area (Å²) in [4.78, 5) is 26.6. The highest BCUT2D eigenvalue weighted by atomic mass is 16.7. The van der Waals surface area contributed by atoms with Crippen LogP contribution in [-0.4, -0.2) is 66.7 Å². The van der Waals surface area contributed by atoms with Gasteiger partial charge in [0, 0.05) is 25.6 Å². The van der Waals surface area contributed by atoms with E-state index in [9.17, 15) is 14.9 Å². The summed E-state index contributed by atoms with van der Waals surface area (Å²) in [6.45, 7) is 5.69. The Bertz CT molecular complexity index is 740. The molecular formula is C20H30N4O7. The van der Waals surface area contributed by atoms with Gasteiger partial charge in [0.25, 0.3) is 11.6 Å². The number of hydrogen-bond acceptors (Lipinski definition) is 9. The predicted molar refractivity (Wildman–Crippen MR) is 112 cm³/mol. The third-order valence-corrected chi connectivity index (χ3v) is 4.61. The number of aromatic nitrogens is 1. The summed E-state index contributed by atoms with van der Waals surface area (Å²) in [6.07, 6.45) is 3.09.